The summed E-state index contributed by atoms with van der Waals surface area (Å²) in [5.74, 6) is 0.239. The number of amides is 1. The van der Waals surface area contributed by atoms with Gasteiger partial charge in [0.1, 0.15) is 0 Å². The molecule has 5 nitrogen and oxygen atoms in total. The van der Waals surface area contributed by atoms with Crippen molar-refractivity contribution in [1.82, 2.24) is 10.2 Å². The number of guanidine groups is 1. The van der Waals surface area contributed by atoms with E-state index in [4.69, 9.17) is 5.73 Å². The number of rotatable bonds is 4. The van der Waals surface area contributed by atoms with Crippen molar-refractivity contribution in [3.63, 3.8) is 0 Å². The normalized spacial score (nSPS) is 20.9. The smallest absolute Gasteiger partial charge is 0.370 e. The maximum absolute atomic E-state index is 12.1. The highest BCUT2D eigenvalue weighted by atomic mass is 19.4. The first-order chi connectivity index (χ1) is 9.31. The van der Waals surface area contributed by atoms with Gasteiger partial charge in [-0.25, -0.2) is 0 Å². The molecule has 116 valence electrons. The second-order valence-electron chi connectivity index (χ2n) is 4.96. The lowest BCUT2D eigenvalue weighted by molar-refractivity contribution is -0.133. The van der Waals surface area contributed by atoms with Crippen molar-refractivity contribution in [3.8, 4) is 0 Å². The number of hydrogen-bond acceptors (Lipinski definition) is 2. The fourth-order valence-corrected chi connectivity index (χ4v) is 2.36. The van der Waals surface area contributed by atoms with Crippen molar-refractivity contribution in [3.05, 3.63) is 0 Å². The Labute approximate surface area is 116 Å². The van der Waals surface area contributed by atoms with Crippen LogP contribution in [0.5, 0.6) is 0 Å². The third-order valence-corrected chi connectivity index (χ3v) is 3.21. The number of carbonyl (C=O) groups is 1. The lowest BCUT2D eigenvalue weighted by Gasteiger charge is -2.34. The molecule has 1 heterocycles. The van der Waals surface area contributed by atoms with E-state index in [9.17, 15) is 18.0 Å². The fraction of sp³-hybridized carbons (Fsp3) is 0.833. The van der Waals surface area contributed by atoms with Crippen molar-refractivity contribution in [2.75, 3.05) is 26.7 Å². The molecule has 3 N–H and O–H groups in total. The quantitative estimate of drug-likeness (QED) is 0.602. The van der Waals surface area contributed by atoms with Gasteiger partial charge in [0.2, 0.25) is 5.91 Å². The van der Waals surface area contributed by atoms with Gasteiger partial charge in [-0.2, -0.15) is 13.2 Å². The van der Waals surface area contributed by atoms with E-state index in [0.717, 1.165) is 19.4 Å². The molecule has 0 saturated carbocycles. The van der Waals surface area contributed by atoms with Gasteiger partial charge < -0.3 is 16.0 Å². The third-order valence-electron chi connectivity index (χ3n) is 3.21. The fourth-order valence-electron chi connectivity index (χ4n) is 2.36. The molecule has 1 unspecified atom stereocenters. The van der Waals surface area contributed by atoms with Gasteiger partial charge in [-0.05, 0) is 18.8 Å². The van der Waals surface area contributed by atoms with Gasteiger partial charge in [0, 0.05) is 33.1 Å². The highest BCUT2D eigenvalue weighted by Gasteiger charge is 2.27. The predicted molar refractivity (Wildman–Crippen MR) is 70.1 cm³/mol. The number of halogens is 3. The summed E-state index contributed by atoms with van der Waals surface area (Å²) in [6.45, 7) is 1.11. The maximum Gasteiger partial charge on any atom is 0.390 e. The Hall–Kier alpha value is -1.47. The van der Waals surface area contributed by atoms with E-state index in [1.807, 2.05) is 4.90 Å². The van der Waals surface area contributed by atoms with Gasteiger partial charge in [0.25, 0.3) is 0 Å². The molecule has 0 aromatic heterocycles. The Morgan fingerprint density at radius 2 is 2.20 bits per heavy atom. The van der Waals surface area contributed by atoms with Crippen LogP contribution in [-0.4, -0.2) is 49.6 Å². The van der Waals surface area contributed by atoms with Crippen LogP contribution in [0.4, 0.5) is 13.2 Å². The van der Waals surface area contributed by atoms with Gasteiger partial charge in [-0.3, -0.25) is 9.79 Å². The monoisotopic (exact) mass is 294 g/mol. The molecule has 20 heavy (non-hydrogen) atoms. The van der Waals surface area contributed by atoms with Crippen molar-refractivity contribution in [2.45, 2.75) is 31.9 Å². The molecular weight excluding hydrogens is 273 g/mol. The summed E-state index contributed by atoms with van der Waals surface area (Å²) >= 11 is 0. The lowest BCUT2D eigenvalue weighted by atomic mass is 9.95. The third kappa shape index (κ3) is 6.12. The van der Waals surface area contributed by atoms with E-state index in [-0.39, 0.29) is 18.4 Å². The summed E-state index contributed by atoms with van der Waals surface area (Å²) in [6, 6.07) is 0. The Bertz CT molecular complexity index is 357. The molecule has 1 rings (SSSR count). The number of aliphatic imine (C=N–C) groups is 1. The summed E-state index contributed by atoms with van der Waals surface area (Å²) < 4.78 is 36.3. The van der Waals surface area contributed by atoms with E-state index in [1.54, 1.807) is 0 Å². The number of hydrogen-bond donors (Lipinski definition) is 2. The van der Waals surface area contributed by atoms with E-state index in [2.05, 4.69) is 10.3 Å². The molecule has 0 aromatic carbocycles. The Kier molecular flexibility index (Phi) is 6.09. The first-order valence-electron chi connectivity index (χ1n) is 6.62. The van der Waals surface area contributed by atoms with Crippen molar-refractivity contribution in [1.29, 1.82) is 0 Å². The minimum absolute atomic E-state index is 0.141. The summed E-state index contributed by atoms with van der Waals surface area (Å²) in [4.78, 5) is 16.8. The molecule has 0 bridgehead atoms. The molecule has 1 atom stereocenters. The predicted octanol–water partition coefficient (Wildman–Crippen LogP) is 1.10. The Morgan fingerprint density at radius 3 is 2.75 bits per heavy atom. The standard InChI is InChI=1S/C12H21F3N4O/c1-17-11(18-5-4-12(13,14)15)19-6-2-3-9(8-19)7-10(16)20/h9H,2-8H2,1H3,(H2,16,20)(H,17,18). The van der Waals surface area contributed by atoms with Gasteiger partial charge in [0.05, 0.1) is 6.42 Å². The number of piperidine rings is 1. The molecule has 0 aromatic rings. The van der Waals surface area contributed by atoms with Crippen LogP contribution >= 0.6 is 0 Å². The highest BCUT2D eigenvalue weighted by molar-refractivity contribution is 5.80. The van der Waals surface area contributed by atoms with Crippen LogP contribution in [0, 0.1) is 5.92 Å². The van der Waals surface area contributed by atoms with E-state index < -0.39 is 12.6 Å². The highest BCUT2D eigenvalue weighted by Crippen LogP contribution is 2.20. The van der Waals surface area contributed by atoms with Gasteiger partial charge >= 0.3 is 6.18 Å². The Balaban J connectivity index is 2.46. The minimum atomic E-state index is -4.18. The molecule has 1 aliphatic rings. The largest absolute Gasteiger partial charge is 0.390 e. The van der Waals surface area contributed by atoms with Gasteiger partial charge in [-0.1, -0.05) is 0 Å². The average molecular weight is 294 g/mol. The number of likely N-dealkylation sites (tertiary alicyclic amines) is 1. The number of nitrogens with zero attached hydrogens (tertiary/aromatic N) is 2. The van der Waals surface area contributed by atoms with E-state index in [1.165, 1.54) is 7.05 Å². The second-order valence-corrected chi connectivity index (χ2v) is 4.96. The topological polar surface area (TPSA) is 70.7 Å². The number of nitrogens with two attached hydrogens (primary N) is 1. The summed E-state index contributed by atoms with van der Waals surface area (Å²) in [5, 5.41) is 2.71. The summed E-state index contributed by atoms with van der Waals surface area (Å²) in [6.07, 6.45) is -3.00. The molecule has 0 radical (unpaired) electrons. The van der Waals surface area contributed by atoms with Crippen LogP contribution in [0.2, 0.25) is 0 Å². The zero-order valence-electron chi connectivity index (χ0n) is 11.5. The molecule has 8 heteroatoms. The molecule has 0 aliphatic carbocycles. The van der Waals surface area contributed by atoms with Crippen molar-refractivity contribution < 1.29 is 18.0 Å². The van der Waals surface area contributed by atoms with Crippen LogP contribution < -0.4 is 11.1 Å². The molecular formula is C12H21F3N4O. The number of nitrogens with one attached hydrogen (secondary N) is 1. The number of carbonyl (C=O) groups excluding carboxylic acids is 1. The number of primary amides is 1. The molecule has 1 aliphatic heterocycles. The lowest BCUT2D eigenvalue weighted by Crippen LogP contribution is -2.47. The molecule has 1 saturated heterocycles. The van der Waals surface area contributed by atoms with Crippen molar-refractivity contribution in [2.24, 2.45) is 16.6 Å². The van der Waals surface area contributed by atoms with Gasteiger partial charge in [-0.15, -0.1) is 0 Å². The first-order valence-corrected chi connectivity index (χ1v) is 6.62. The van der Waals surface area contributed by atoms with Crippen LogP contribution in [0.1, 0.15) is 25.7 Å². The maximum atomic E-state index is 12.1. The SMILES string of the molecule is CN=C(NCCC(F)(F)F)N1CCCC(CC(N)=O)C1. The van der Waals surface area contributed by atoms with Crippen LogP contribution in [-0.2, 0) is 4.79 Å². The Morgan fingerprint density at radius 1 is 1.50 bits per heavy atom. The zero-order chi connectivity index (χ0) is 15.2. The molecule has 0 spiro atoms. The van der Waals surface area contributed by atoms with Gasteiger partial charge in [0.15, 0.2) is 5.96 Å². The summed E-state index contributed by atoms with van der Waals surface area (Å²) in [7, 11) is 1.54. The average Bonchev–Trinajstić information content (AvgIpc) is 2.33. The molecule has 1 fully saturated rings. The van der Waals surface area contributed by atoms with E-state index in [0.29, 0.717) is 18.9 Å². The zero-order valence-corrected chi connectivity index (χ0v) is 11.5. The number of alkyl halides is 3. The minimum Gasteiger partial charge on any atom is -0.370 e. The second kappa shape index (κ2) is 7.35. The van der Waals surface area contributed by atoms with Crippen LogP contribution in [0.25, 0.3) is 0 Å². The van der Waals surface area contributed by atoms with Crippen LogP contribution in [0.3, 0.4) is 0 Å². The van der Waals surface area contributed by atoms with Crippen LogP contribution in [0.15, 0.2) is 4.99 Å². The first kappa shape index (κ1) is 16.6. The summed E-state index contributed by atoms with van der Waals surface area (Å²) in [5.41, 5.74) is 5.18. The van der Waals surface area contributed by atoms with Crippen molar-refractivity contribution >= 4 is 11.9 Å². The molecule has 1 amide bonds. The van der Waals surface area contributed by atoms with E-state index >= 15 is 0 Å².